The fourth-order valence-electron chi connectivity index (χ4n) is 1.03. The minimum Gasteiger partial charge on any atom is -0.388 e. The summed E-state index contributed by atoms with van der Waals surface area (Å²) in [7, 11) is -3.15. The van der Waals surface area contributed by atoms with Gasteiger partial charge in [-0.2, -0.15) is 0 Å². The number of benzene rings is 1. The van der Waals surface area contributed by atoms with E-state index < -0.39 is 15.9 Å². The Morgan fingerprint density at radius 2 is 1.86 bits per heavy atom. The second-order valence-electron chi connectivity index (χ2n) is 3.01. The molecule has 0 spiro atoms. The number of hydrogen-bond donors (Lipinski definition) is 1. The molecule has 1 aromatic carbocycles. The molecule has 0 aliphatic heterocycles. The fourth-order valence-corrected chi connectivity index (χ4v) is 2.03. The maximum absolute atomic E-state index is 11.1. The van der Waals surface area contributed by atoms with Crippen LogP contribution in [0.2, 0.25) is 0 Å². The number of aliphatic hydroxyl groups is 1. The molecule has 0 aliphatic rings. The third-order valence-electron chi connectivity index (χ3n) is 1.84. The summed E-state index contributed by atoms with van der Waals surface area (Å²) in [4.78, 5) is 0.267. The van der Waals surface area contributed by atoms with Crippen molar-refractivity contribution in [3.63, 3.8) is 0 Å². The molecule has 1 rings (SSSR count). The first-order valence-corrected chi connectivity index (χ1v) is 7.00. The normalized spacial score (nSPS) is 13.9. The monoisotopic (exact) mass is 278 g/mol. The van der Waals surface area contributed by atoms with Crippen molar-refractivity contribution < 1.29 is 13.5 Å². The summed E-state index contributed by atoms with van der Waals surface area (Å²) in [6, 6.07) is 6.22. The van der Waals surface area contributed by atoms with Crippen LogP contribution in [0.4, 0.5) is 0 Å². The maximum atomic E-state index is 11.1. The molecule has 0 aliphatic carbocycles. The molecule has 0 unspecified atom stereocenters. The molecule has 1 atom stereocenters. The van der Waals surface area contributed by atoms with E-state index in [1.54, 1.807) is 12.1 Å². The van der Waals surface area contributed by atoms with Crippen molar-refractivity contribution in [3.05, 3.63) is 29.8 Å². The summed E-state index contributed by atoms with van der Waals surface area (Å²) < 4.78 is 22.2. The summed E-state index contributed by atoms with van der Waals surface area (Å²) in [5.41, 5.74) is 0.703. The van der Waals surface area contributed by atoms with Crippen LogP contribution in [0.15, 0.2) is 29.2 Å². The molecular weight excluding hydrogens is 268 g/mol. The molecule has 5 heteroatoms. The Morgan fingerprint density at radius 3 is 2.21 bits per heavy atom. The highest BCUT2D eigenvalue weighted by atomic mass is 79.9. The summed E-state index contributed by atoms with van der Waals surface area (Å²) in [6.45, 7) is 0. The third-order valence-corrected chi connectivity index (χ3v) is 3.58. The predicted molar refractivity (Wildman–Crippen MR) is 58.3 cm³/mol. The van der Waals surface area contributed by atoms with E-state index in [1.807, 2.05) is 0 Å². The zero-order valence-corrected chi connectivity index (χ0v) is 10.0. The minimum absolute atomic E-state index is 0.267. The van der Waals surface area contributed by atoms with Gasteiger partial charge in [0.1, 0.15) is 0 Å². The van der Waals surface area contributed by atoms with Crippen LogP contribution in [0.3, 0.4) is 0 Å². The zero-order valence-electron chi connectivity index (χ0n) is 7.64. The Kier molecular flexibility index (Phi) is 3.69. The molecule has 0 radical (unpaired) electrons. The molecule has 3 nitrogen and oxygen atoms in total. The number of rotatable bonds is 3. The van der Waals surface area contributed by atoms with Gasteiger partial charge in [-0.3, -0.25) is 0 Å². The predicted octanol–water partition coefficient (Wildman–Crippen LogP) is 1.52. The second-order valence-corrected chi connectivity index (χ2v) is 5.67. The number of halogens is 1. The van der Waals surface area contributed by atoms with Gasteiger partial charge >= 0.3 is 0 Å². The fraction of sp³-hybridized carbons (Fsp3) is 0.333. The van der Waals surface area contributed by atoms with Crippen LogP contribution in [0.1, 0.15) is 11.7 Å². The summed E-state index contributed by atoms with van der Waals surface area (Å²) in [6.07, 6.45) is 0.562. The molecule has 0 fully saturated rings. The smallest absolute Gasteiger partial charge is 0.175 e. The number of sulfone groups is 1. The average Bonchev–Trinajstić information content (AvgIpc) is 2.15. The lowest BCUT2D eigenvalue weighted by Crippen LogP contribution is -2.00. The zero-order chi connectivity index (χ0) is 10.8. The van der Waals surface area contributed by atoms with Crippen LogP contribution in [-0.2, 0) is 9.84 Å². The second kappa shape index (κ2) is 4.42. The highest BCUT2D eigenvalue weighted by Crippen LogP contribution is 2.17. The first kappa shape index (κ1) is 11.7. The SMILES string of the molecule is CS(=O)(=O)c1ccc([C@@H](O)CBr)cc1. The molecule has 0 saturated carbocycles. The van der Waals surface area contributed by atoms with Gasteiger partial charge < -0.3 is 5.11 Å². The molecule has 0 heterocycles. The Hall–Kier alpha value is -0.390. The molecule has 1 N–H and O–H groups in total. The lowest BCUT2D eigenvalue weighted by Gasteiger charge is -2.07. The van der Waals surface area contributed by atoms with Crippen molar-refractivity contribution in [3.8, 4) is 0 Å². The standard InChI is InChI=1S/C9H11BrO3S/c1-14(12,13)8-4-2-7(3-5-8)9(11)6-10/h2-5,9,11H,6H2,1H3/t9-/m0/s1. The molecule has 0 aromatic heterocycles. The van der Waals surface area contributed by atoms with Crippen molar-refractivity contribution in [2.75, 3.05) is 11.6 Å². The minimum atomic E-state index is -3.15. The van der Waals surface area contributed by atoms with Crippen LogP contribution in [0.5, 0.6) is 0 Å². The van der Waals surface area contributed by atoms with E-state index in [0.717, 1.165) is 6.26 Å². The summed E-state index contributed by atoms with van der Waals surface area (Å²) in [5.74, 6) is 0. The van der Waals surface area contributed by atoms with Crippen molar-refractivity contribution in [2.24, 2.45) is 0 Å². The van der Waals surface area contributed by atoms with Gasteiger partial charge in [0, 0.05) is 11.6 Å². The molecular formula is C9H11BrO3S. The first-order valence-electron chi connectivity index (χ1n) is 3.99. The van der Waals surface area contributed by atoms with Crippen LogP contribution >= 0.6 is 15.9 Å². The van der Waals surface area contributed by atoms with Crippen molar-refractivity contribution >= 4 is 25.8 Å². The quantitative estimate of drug-likeness (QED) is 0.853. The number of alkyl halides is 1. The van der Waals surface area contributed by atoms with Gasteiger partial charge in [-0.05, 0) is 17.7 Å². The molecule has 78 valence electrons. The number of aliphatic hydroxyl groups excluding tert-OH is 1. The van der Waals surface area contributed by atoms with E-state index in [-0.39, 0.29) is 4.90 Å². The Bertz CT molecular complexity index is 397. The van der Waals surface area contributed by atoms with Gasteiger partial charge in [0.25, 0.3) is 0 Å². The van der Waals surface area contributed by atoms with E-state index in [4.69, 9.17) is 0 Å². The van der Waals surface area contributed by atoms with E-state index in [9.17, 15) is 13.5 Å². The molecule has 14 heavy (non-hydrogen) atoms. The maximum Gasteiger partial charge on any atom is 0.175 e. The van der Waals surface area contributed by atoms with Gasteiger partial charge in [0.15, 0.2) is 9.84 Å². The number of hydrogen-bond acceptors (Lipinski definition) is 3. The lowest BCUT2D eigenvalue weighted by molar-refractivity contribution is 0.205. The van der Waals surface area contributed by atoms with Crippen LogP contribution in [0.25, 0.3) is 0 Å². The van der Waals surface area contributed by atoms with Gasteiger partial charge in [0.2, 0.25) is 0 Å². The van der Waals surface area contributed by atoms with Crippen molar-refractivity contribution in [2.45, 2.75) is 11.0 Å². The van der Waals surface area contributed by atoms with E-state index in [2.05, 4.69) is 15.9 Å². The Balaban J connectivity index is 3.01. The highest BCUT2D eigenvalue weighted by molar-refractivity contribution is 9.09. The van der Waals surface area contributed by atoms with Crippen LogP contribution in [0, 0.1) is 0 Å². The molecule has 0 amide bonds. The van der Waals surface area contributed by atoms with Crippen molar-refractivity contribution in [1.82, 2.24) is 0 Å². The average molecular weight is 279 g/mol. The van der Waals surface area contributed by atoms with E-state index in [0.29, 0.717) is 10.9 Å². The summed E-state index contributed by atoms with van der Waals surface area (Å²) >= 11 is 3.14. The highest BCUT2D eigenvalue weighted by Gasteiger charge is 2.09. The molecule has 0 saturated heterocycles. The third kappa shape index (κ3) is 2.80. The van der Waals surface area contributed by atoms with E-state index >= 15 is 0 Å². The van der Waals surface area contributed by atoms with Gasteiger partial charge in [-0.15, -0.1) is 0 Å². The van der Waals surface area contributed by atoms with Crippen LogP contribution < -0.4 is 0 Å². The van der Waals surface area contributed by atoms with E-state index in [1.165, 1.54) is 12.1 Å². The Labute approximate surface area is 91.8 Å². The lowest BCUT2D eigenvalue weighted by atomic mass is 10.1. The van der Waals surface area contributed by atoms with Gasteiger partial charge in [-0.25, -0.2) is 8.42 Å². The van der Waals surface area contributed by atoms with Crippen molar-refractivity contribution in [1.29, 1.82) is 0 Å². The topological polar surface area (TPSA) is 54.4 Å². The Morgan fingerprint density at radius 1 is 1.36 bits per heavy atom. The van der Waals surface area contributed by atoms with Crippen LogP contribution in [-0.4, -0.2) is 25.1 Å². The largest absolute Gasteiger partial charge is 0.388 e. The first-order chi connectivity index (χ1) is 6.45. The van der Waals surface area contributed by atoms with Gasteiger partial charge in [-0.1, -0.05) is 28.1 Å². The summed E-state index contributed by atoms with van der Waals surface area (Å²) in [5, 5.41) is 9.86. The molecule has 1 aromatic rings. The van der Waals surface area contributed by atoms with Gasteiger partial charge in [0.05, 0.1) is 11.0 Å². The molecule has 0 bridgehead atoms.